The number of sulfonamides is 1. The maximum absolute atomic E-state index is 13.4. The number of aromatic nitrogens is 1. The summed E-state index contributed by atoms with van der Waals surface area (Å²) in [5, 5.41) is 2.10. The number of ether oxygens (including phenoxy) is 1. The molecule has 1 aromatic heterocycles. The number of benzene rings is 3. The van der Waals surface area contributed by atoms with E-state index in [4.69, 9.17) is 9.73 Å². The molecule has 1 fully saturated rings. The van der Waals surface area contributed by atoms with E-state index in [9.17, 15) is 8.42 Å². The minimum absolute atomic E-state index is 0.355. The van der Waals surface area contributed by atoms with Crippen LogP contribution >= 0.6 is 11.3 Å². The molecule has 0 saturated carbocycles. The van der Waals surface area contributed by atoms with Gasteiger partial charge in [0.05, 0.1) is 23.4 Å². The summed E-state index contributed by atoms with van der Waals surface area (Å²) in [6.45, 7) is 4.10. The van der Waals surface area contributed by atoms with Gasteiger partial charge in [0.2, 0.25) is 10.0 Å². The number of hydrogen-bond donors (Lipinski definition) is 0. The van der Waals surface area contributed by atoms with E-state index in [-0.39, 0.29) is 0 Å². The zero-order valence-electron chi connectivity index (χ0n) is 22.5. The van der Waals surface area contributed by atoms with Crippen LogP contribution in [0, 0.1) is 5.92 Å². The van der Waals surface area contributed by atoms with Crippen LogP contribution in [0.2, 0.25) is 0 Å². The van der Waals surface area contributed by atoms with Gasteiger partial charge >= 0.3 is 0 Å². The summed E-state index contributed by atoms with van der Waals surface area (Å²) in [5.41, 5.74) is 4.21. The molecule has 0 radical (unpaired) electrons. The van der Waals surface area contributed by atoms with Gasteiger partial charge in [0.25, 0.3) is 0 Å². The highest BCUT2D eigenvalue weighted by Crippen LogP contribution is 2.28. The van der Waals surface area contributed by atoms with Crippen LogP contribution in [0.4, 0.5) is 5.69 Å². The Labute approximate surface area is 235 Å². The largest absolute Gasteiger partial charge is 0.497 e. The summed E-state index contributed by atoms with van der Waals surface area (Å²) in [5.74, 6) is 1.32. The zero-order valence-corrected chi connectivity index (χ0v) is 24.1. The topological polar surface area (TPSA) is 63.9 Å². The lowest BCUT2D eigenvalue weighted by Crippen LogP contribution is -2.38. The highest BCUT2D eigenvalue weighted by molar-refractivity contribution is 7.89. The van der Waals surface area contributed by atoms with Crippen LogP contribution in [0.15, 0.2) is 94.1 Å². The van der Waals surface area contributed by atoms with Crippen molar-refractivity contribution in [2.75, 3.05) is 20.2 Å². The molecule has 0 N–H and O–H groups in total. The molecule has 6 nitrogen and oxygen atoms in total. The summed E-state index contributed by atoms with van der Waals surface area (Å²) in [4.78, 5) is 6.12. The first kappa shape index (κ1) is 27.4. The fourth-order valence-corrected chi connectivity index (χ4v) is 7.53. The van der Waals surface area contributed by atoms with E-state index >= 15 is 0 Å². The Morgan fingerprint density at radius 3 is 2.28 bits per heavy atom. The summed E-state index contributed by atoms with van der Waals surface area (Å²) in [6.07, 6.45) is 3.75. The third kappa shape index (κ3) is 6.35. The van der Waals surface area contributed by atoms with E-state index in [0.29, 0.717) is 23.9 Å². The van der Waals surface area contributed by atoms with Crippen molar-refractivity contribution in [1.82, 2.24) is 8.87 Å². The van der Waals surface area contributed by atoms with Gasteiger partial charge in [-0.05, 0) is 79.1 Å². The Kier molecular flexibility index (Phi) is 8.65. The molecule has 0 aliphatic carbocycles. The van der Waals surface area contributed by atoms with Gasteiger partial charge in [-0.1, -0.05) is 49.4 Å². The molecule has 0 amide bonds. The first-order valence-electron chi connectivity index (χ1n) is 13.5. The number of methoxy groups -OCH3 is 1. The Bertz CT molecular complexity index is 1530. The molecule has 0 atom stereocenters. The maximum atomic E-state index is 13.4. The fraction of sp³-hybridized carbons (Fsp3) is 0.323. The molecule has 2 heterocycles. The second kappa shape index (κ2) is 12.3. The van der Waals surface area contributed by atoms with E-state index in [1.54, 1.807) is 34.9 Å². The molecule has 0 bridgehead atoms. The molecule has 4 aromatic rings. The number of hydrogen-bond acceptors (Lipinski definition) is 5. The molecule has 3 aromatic carbocycles. The zero-order chi connectivity index (χ0) is 27.2. The van der Waals surface area contributed by atoms with Crippen LogP contribution in [-0.2, 0) is 23.0 Å². The number of piperidine rings is 1. The summed E-state index contributed by atoms with van der Waals surface area (Å²) < 4.78 is 35.9. The number of thiazole rings is 1. The Hall–Kier alpha value is -3.20. The van der Waals surface area contributed by atoms with Gasteiger partial charge in [0.15, 0.2) is 4.80 Å². The van der Waals surface area contributed by atoms with Crippen molar-refractivity contribution in [1.29, 1.82) is 0 Å². The molecule has 1 saturated heterocycles. The van der Waals surface area contributed by atoms with Crippen molar-refractivity contribution in [2.24, 2.45) is 10.9 Å². The number of nitrogens with zero attached hydrogens (tertiary/aromatic N) is 3. The van der Waals surface area contributed by atoms with Gasteiger partial charge in [-0.3, -0.25) is 0 Å². The van der Waals surface area contributed by atoms with Crippen molar-refractivity contribution in [2.45, 2.75) is 44.0 Å². The van der Waals surface area contributed by atoms with Gasteiger partial charge in [-0.2, -0.15) is 4.31 Å². The maximum Gasteiger partial charge on any atom is 0.243 e. The average Bonchev–Trinajstić information content (AvgIpc) is 3.36. The van der Waals surface area contributed by atoms with Gasteiger partial charge < -0.3 is 9.30 Å². The Morgan fingerprint density at radius 2 is 1.64 bits per heavy atom. The second-order valence-corrected chi connectivity index (χ2v) is 12.7. The van der Waals surface area contributed by atoms with E-state index in [2.05, 4.69) is 41.1 Å². The Balaban J connectivity index is 1.31. The van der Waals surface area contributed by atoms with Crippen LogP contribution < -0.4 is 9.54 Å². The van der Waals surface area contributed by atoms with Gasteiger partial charge in [-0.25, -0.2) is 13.4 Å². The van der Waals surface area contributed by atoms with E-state index < -0.39 is 10.0 Å². The lowest BCUT2D eigenvalue weighted by Gasteiger charge is -2.31. The highest BCUT2D eigenvalue weighted by atomic mass is 32.2. The van der Waals surface area contributed by atoms with E-state index in [1.165, 1.54) is 5.56 Å². The summed E-state index contributed by atoms with van der Waals surface area (Å²) in [7, 11) is -1.87. The molecule has 0 unspecified atom stereocenters. The van der Waals surface area contributed by atoms with Crippen LogP contribution in [0.3, 0.4) is 0 Å². The molecule has 204 valence electrons. The molecule has 0 spiro atoms. The predicted molar refractivity (Wildman–Crippen MR) is 158 cm³/mol. The predicted octanol–water partition coefficient (Wildman–Crippen LogP) is 6.51. The third-order valence-corrected chi connectivity index (χ3v) is 10.0. The van der Waals surface area contributed by atoms with Crippen LogP contribution in [-0.4, -0.2) is 37.5 Å². The quantitative estimate of drug-likeness (QED) is 0.234. The van der Waals surface area contributed by atoms with Crippen molar-refractivity contribution in [3.8, 4) is 17.0 Å². The first-order chi connectivity index (χ1) is 19.0. The second-order valence-electron chi connectivity index (χ2n) is 9.93. The summed E-state index contributed by atoms with van der Waals surface area (Å²) >= 11 is 1.59. The molecular formula is C31H35N3O3S2. The van der Waals surface area contributed by atoms with Gasteiger partial charge in [0.1, 0.15) is 5.75 Å². The van der Waals surface area contributed by atoms with Crippen molar-refractivity contribution < 1.29 is 13.2 Å². The van der Waals surface area contributed by atoms with E-state index in [1.807, 2.05) is 42.5 Å². The number of rotatable bonds is 9. The lowest BCUT2D eigenvalue weighted by molar-refractivity contribution is 0.273. The Morgan fingerprint density at radius 1 is 0.949 bits per heavy atom. The molecule has 8 heteroatoms. The normalized spacial score (nSPS) is 15.5. The van der Waals surface area contributed by atoms with Gasteiger partial charge in [0, 0.05) is 25.0 Å². The molecule has 5 rings (SSSR count). The van der Waals surface area contributed by atoms with Crippen LogP contribution in [0.5, 0.6) is 5.75 Å². The average molecular weight is 562 g/mol. The lowest BCUT2D eigenvalue weighted by atomic mass is 9.91. The monoisotopic (exact) mass is 561 g/mol. The van der Waals surface area contributed by atoms with Crippen molar-refractivity contribution in [3.05, 3.63) is 94.6 Å². The molecule has 1 aliphatic heterocycles. The van der Waals surface area contributed by atoms with Gasteiger partial charge in [-0.15, -0.1) is 11.3 Å². The molecular weight excluding hydrogens is 526 g/mol. The molecule has 39 heavy (non-hydrogen) atoms. The van der Waals surface area contributed by atoms with E-state index in [0.717, 1.165) is 59.7 Å². The fourth-order valence-electron chi connectivity index (χ4n) is 5.10. The van der Waals surface area contributed by atoms with Crippen LogP contribution in [0.1, 0.15) is 31.7 Å². The minimum Gasteiger partial charge on any atom is -0.497 e. The first-order valence-corrected chi connectivity index (χ1v) is 15.8. The standard InChI is InChI=1S/C31H35N3O3S2/c1-3-19-34-30(23-38-31(34)32-27-11-13-28(37-2)14-12-27)26-9-15-29(16-10-26)39(35,36)33-20-17-25(18-21-33)22-24-7-5-4-6-8-24/h4-16,23,25H,3,17-22H2,1-2H3. The van der Waals surface area contributed by atoms with Crippen molar-refractivity contribution >= 4 is 27.0 Å². The smallest absolute Gasteiger partial charge is 0.243 e. The van der Waals surface area contributed by atoms with Crippen LogP contribution in [0.25, 0.3) is 11.3 Å². The SMILES string of the molecule is CCCn1c(-c2ccc(S(=O)(=O)N3CCC(Cc4ccccc4)CC3)cc2)csc1=Nc1ccc(OC)cc1. The summed E-state index contributed by atoms with van der Waals surface area (Å²) in [6, 6.07) is 25.5. The highest BCUT2D eigenvalue weighted by Gasteiger charge is 2.29. The molecule has 1 aliphatic rings. The third-order valence-electron chi connectivity index (χ3n) is 7.27. The van der Waals surface area contributed by atoms with Crippen molar-refractivity contribution in [3.63, 3.8) is 0 Å². The minimum atomic E-state index is -3.52.